The number of aromatic nitrogens is 2. The highest BCUT2D eigenvalue weighted by Crippen LogP contribution is 2.21. The number of amides is 1. The van der Waals surface area contributed by atoms with E-state index in [1.165, 1.54) is 0 Å². The third-order valence-corrected chi connectivity index (χ3v) is 5.04. The summed E-state index contributed by atoms with van der Waals surface area (Å²) in [6.07, 6.45) is 5.06. The number of carbonyl (C=O) groups is 1. The average molecular weight is 423 g/mol. The van der Waals surface area contributed by atoms with E-state index in [9.17, 15) is 9.90 Å². The van der Waals surface area contributed by atoms with Gasteiger partial charge in [0.05, 0.1) is 12.7 Å². The molecule has 0 radical (unpaired) electrons. The molecular weight excluding hydrogens is 384 g/mol. The zero-order valence-corrected chi connectivity index (χ0v) is 19.2. The molecule has 0 bridgehead atoms. The van der Waals surface area contributed by atoms with Crippen molar-refractivity contribution in [3.05, 3.63) is 18.0 Å². The third-order valence-electron chi connectivity index (χ3n) is 5.04. The summed E-state index contributed by atoms with van der Waals surface area (Å²) >= 11 is 0. The van der Waals surface area contributed by atoms with Gasteiger partial charge in [0, 0.05) is 45.0 Å². The molecule has 1 aliphatic heterocycles. The highest BCUT2D eigenvalue weighted by Gasteiger charge is 2.27. The quantitative estimate of drug-likeness (QED) is 0.477. The number of hydrogen-bond acceptors (Lipinski definition) is 5. The summed E-state index contributed by atoms with van der Waals surface area (Å²) in [5.74, 6) is 1.13. The SMILES string of the molecule is CCNC(=NCC(C)(O)c1cnn(C)c1)NCC1CCN(C(=O)OC(C)(C)C)CC1. The van der Waals surface area contributed by atoms with E-state index in [1.54, 1.807) is 28.9 Å². The number of aliphatic hydroxyl groups is 1. The standard InChI is InChI=1S/C21H38N6O3/c1-7-22-18(24-15-21(5,29)17-13-25-26(6)14-17)23-12-16-8-10-27(11-9-16)19(28)30-20(2,3)4/h13-14,16,29H,7-12,15H2,1-6H3,(H2,22,23,24). The Morgan fingerprint density at radius 2 is 1.97 bits per heavy atom. The molecular formula is C21H38N6O3. The van der Waals surface area contributed by atoms with Crippen LogP contribution in [0.2, 0.25) is 0 Å². The van der Waals surface area contributed by atoms with Gasteiger partial charge in [0.25, 0.3) is 0 Å². The first-order chi connectivity index (χ1) is 14.0. The van der Waals surface area contributed by atoms with E-state index in [1.807, 2.05) is 34.7 Å². The lowest BCUT2D eigenvalue weighted by Crippen LogP contribution is -2.45. The van der Waals surface area contributed by atoms with Gasteiger partial charge in [-0.25, -0.2) is 9.79 Å². The molecule has 1 aromatic heterocycles. The smallest absolute Gasteiger partial charge is 0.410 e. The minimum atomic E-state index is -1.09. The predicted molar refractivity (Wildman–Crippen MR) is 117 cm³/mol. The number of aliphatic imine (C=N–C) groups is 1. The Balaban J connectivity index is 1.83. The Labute approximate surface area is 179 Å². The molecule has 2 heterocycles. The van der Waals surface area contributed by atoms with Crippen molar-refractivity contribution in [3.8, 4) is 0 Å². The normalized spacial score (nSPS) is 18.1. The maximum Gasteiger partial charge on any atom is 0.410 e. The van der Waals surface area contributed by atoms with E-state index < -0.39 is 11.2 Å². The van der Waals surface area contributed by atoms with Gasteiger partial charge in [-0.1, -0.05) is 0 Å². The second-order valence-electron chi connectivity index (χ2n) is 9.16. The second kappa shape index (κ2) is 10.1. The maximum atomic E-state index is 12.2. The minimum Gasteiger partial charge on any atom is -0.444 e. The fourth-order valence-electron chi connectivity index (χ4n) is 3.25. The van der Waals surface area contributed by atoms with Crippen LogP contribution in [0.1, 0.15) is 53.0 Å². The van der Waals surface area contributed by atoms with Gasteiger partial charge in [0.1, 0.15) is 11.2 Å². The highest BCUT2D eigenvalue weighted by molar-refractivity contribution is 5.79. The van der Waals surface area contributed by atoms with Crippen molar-refractivity contribution in [2.45, 2.75) is 58.7 Å². The van der Waals surface area contributed by atoms with E-state index in [4.69, 9.17) is 4.74 Å². The van der Waals surface area contributed by atoms with Gasteiger partial charge in [-0.3, -0.25) is 4.68 Å². The van der Waals surface area contributed by atoms with Crippen LogP contribution >= 0.6 is 0 Å². The van der Waals surface area contributed by atoms with Gasteiger partial charge >= 0.3 is 6.09 Å². The molecule has 30 heavy (non-hydrogen) atoms. The summed E-state index contributed by atoms with van der Waals surface area (Å²) in [5.41, 5.74) is -0.821. The summed E-state index contributed by atoms with van der Waals surface area (Å²) in [6.45, 7) is 12.5. The van der Waals surface area contributed by atoms with Crippen LogP contribution in [0, 0.1) is 5.92 Å². The first-order valence-electron chi connectivity index (χ1n) is 10.7. The van der Waals surface area contributed by atoms with Gasteiger partial charge < -0.3 is 25.4 Å². The Hall–Kier alpha value is -2.29. The summed E-state index contributed by atoms with van der Waals surface area (Å²) in [7, 11) is 1.82. The molecule has 2 rings (SSSR count). The Morgan fingerprint density at radius 1 is 1.30 bits per heavy atom. The first-order valence-corrected chi connectivity index (χ1v) is 10.7. The Morgan fingerprint density at radius 3 is 2.50 bits per heavy atom. The summed E-state index contributed by atoms with van der Waals surface area (Å²) in [5, 5.41) is 21.5. The first kappa shape index (κ1) is 24.0. The van der Waals surface area contributed by atoms with E-state index in [0.717, 1.165) is 31.5 Å². The lowest BCUT2D eigenvalue weighted by Gasteiger charge is -2.33. The number of nitrogens with zero attached hydrogens (tertiary/aromatic N) is 4. The Bertz CT molecular complexity index is 715. The van der Waals surface area contributed by atoms with Crippen LogP contribution < -0.4 is 10.6 Å². The molecule has 3 N–H and O–H groups in total. The van der Waals surface area contributed by atoms with Crippen molar-refractivity contribution >= 4 is 12.1 Å². The largest absolute Gasteiger partial charge is 0.444 e. The fourth-order valence-corrected chi connectivity index (χ4v) is 3.25. The minimum absolute atomic E-state index is 0.227. The van der Waals surface area contributed by atoms with Crippen LogP contribution in [0.5, 0.6) is 0 Å². The van der Waals surface area contributed by atoms with Crippen LogP contribution in [0.3, 0.4) is 0 Å². The number of likely N-dealkylation sites (tertiary alicyclic amines) is 1. The van der Waals surface area contributed by atoms with Gasteiger partial charge in [-0.05, 0) is 53.4 Å². The lowest BCUT2D eigenvalue weighted by atomic mass is 9.97. The maximum absolute atomic E-state index is 12.2. The number of piperidine rings is 1. The molecule has 1 unspecified atom stereocenters. The van der Waals surface area contributed by atoms with Crippen LogP contribution in [0.15, 0.2) is 17.4 Å². The van der Waals surface area contributed by atoms with Gasteiger partial charge in [-0.2, -0.15) is 5.10 Å². The van der Waals surface area contributed by atoms with E-state index in [0.29, 0.717) is 25.0 Å². The van der Waals surface area contributed by atoms with Crippen LogP contribution in [0.25, 0.3) is 0 Å². The number of rotatable bonds is 6. The van der Waals surface area contributed by atoms with Crippen molar-refractivity contribution in [3.63, 3.8) is 0 Å². The topological polar surface area (TPSA) is 104 Å². The summed E-state index contributed by atoms with van der Waals surface area (Å²) in [4.78, 5) is 18.5. The zero-order chi connectivity index (χ0) is 22.4. The van der Waals surface area contributed by atoms with Crippen molar-refractivity contribution in [2.24, 2.45) is 18.0 Å². The van der Waals surface area contributed by atoms with E-state index >= 15 is 0 Å². The number of ether oxygens (including phenoxy) is 1. The molecule has 0 aliphatic carbocycles. The number of hydrogen-bond donors (Lipinski definition) is 3. The number of guanidine groups is 1. The highest BCUT2D eigenvalue weighted by atomic mass is 16.6. The number of aryl methyl sites for hydroxylation is 1. The van der Waals surface area contributed by atoms with Crippen molar-refractivity contribution in [2.75, 3.05) is 32.7 Å². The summed E-state index contributed by atoms with van der Waals surface area (Å²) < 4.78 is 7.12. The molecule has 1 atom stereocenters. The number of carbonyl (C=O) groups excluding carboxylic acids is 1. The molecule has 9 nitrogen and oxygen atoms in total. The Kier molecular flexibility index (Phi) is 8.11. The molecule has 1 saturated heterocycles. The monoisotopic (exact) mass is 422 g/mol. The van der Waals surface area contributed by atoms with Crippen molar-refractivity contribution in [1.29, 1.82) is 0 Å². The molecule has 0 spiro atoms. The third kappa shape index (κ3) is 7.51. The van der Waals surface area contributed by atoms with Crippen LogP contribution in [-0.4, -0.2) is 70.2 Å². The van der Waals surface area contributed by atoms with Crippen molar-refractivity contribution in [1.82, 2.24) is 25.3 Å². The zero-order valence-electron chi connectivity index (χ0n) is 19.2. The van der Waals surface area contributed by atoms with Gasteiger partial charge in [0.2, 0.25) is 0 Å². The molecule has 0 saturated carbocycles. The van der Waals surface area contributed by atoms with Gasteiger partial charge in [0.15, 0.2) is 5.96 Å². The molecule has 1 aliphatic rings. The van der Waals surface area contributed by atoms with Crippen molar-refractivity contribution < 1.29 is 14.6 Å². The molecule has 0 aromatic carbocycles. The lowest BCUT2D eigenvalue weighted by molar-refractivity contribution is 0.0185. The molecule has 9 heteroatoms. The molecule has 1 amide bonds. The van der Waals surface area contributed by atoms with Crippen LogP contribution in [-0.2, 0) is 17.4 Å². The predicted octanol–water partition coefficient (Wildman–Crippen LogP) is 1.83. The average Bonchev–Trinajstić information content (AvgIpc) is 3.10. The van der Waals surface area contributed by atoms with Gasteiger partial charge in [-0.15, -0.1) is 0 Å². The fraction of sp³-hybridized carbons (Fsp3) is 0.762. The number of nitrogens with one attached hydrogen (secondary N) is 2. The second-order valence-corrected chi connectivity index (χ2v) is 9.16. The summed E-state index contributed by atoms with van der Waals surface area (Å²) in [6, 6.07) is 0. The molecule has 1 fully saturated rings. The molecule has 170 valence electrons. The van der Waals surface area contributed by atoms with E-state index in [-0.39, 0.29) is 12.6 Å². The molecule has 1 aromatic rings. The van der Waals surface area contributed by atoms with E-state index in [2.05, 4.69) is 20.7 Å². The van der Waals surface area contributed by atoms with Crippen LogP contribution in [0.4, 0.5) is 4.79 Å².